The summed E-state index contributed by atoms with van der Waals surface area (Å²) in [5, 5.41) is 70.1. The summed E-state index contributed by atoms with van der Waals surface area (Å²) in [5.41, 5.74) is 1.79. The van der Waals surface area contributed by atoms with E-state index in [1.165, 1.54) is 26.4 Å². The Morgan fingerprint density at radius 3 is 2.32 bits per heavy atom. The molecular weight excluding hydrogens is 488 g/mol. The summed E-state index contributed by atoms with van der Waals surface area (Å²) < 4.78 is 21.8. The number of hydrogen-bond donors (Lipinski definition) is 7. The molecule has 7 N–H and O–H groups in total. The molecule has 11 nitrogen and oxygen atoms in total. The Kier molecular flexibility index (Phi) is 10.1. The molecule has 2 aromatic carbocycles. The van der Waals surface area contributed by atoms with Crippen molar-refractivity contribution in [2.45, 2.75) is 43.0 Å². The fourth-order valence-electron chi connectivity index (χ4n) is 4.21. The molecule has 11 heteroatoms. The molecule has 0 spiro atoms. The van der Waals surface area contributed by atoms with Gasteiger partial charge < -0.3 is 54.7 Å². The molecule has 0 bridgehead atoms. The average molecular weight is 523 g/mol. The Morgan fingerprint density at radius 1 is 0.946 bits per heavy atom. The number of methoxy groups -OCH3 is 2. The van der Waals surface area contributed by atoms with Crippen LogP contribution in [0.1, 0.15) is 22.6 Å². The van der Waals surface area contributed by atoms with Crippen LogP contribution in [0.15, 0.2) is 36.4 Å². The molecule has 1 aliphatic heterocycles. The quantitative estimate of drug-likeness (QED) is 0.215. The lowest BCUT2D eigenvalue weighted by Gasteiger charge is -2.40. The number of benzene rings is 2. The van der Waals surface area contributed by atoms with Crippen molar-refractivity contribution in [1.82, 2.24) is 0 Å². The molecule has 1 heterocycles. The minimum absolute atomic E-state index is 0.0407. The smallest absolute Gasteiger partial charge is 0.186 e. The molecule has 2 aromatic rings. The Balaban J connectivity index is 1.97. The second-order valence-electron chi connectivity index (χ2n) is 8.68. The number of aliphatic hydroxyl groups excluding tert-OH is 5. The van der Waals surface area contributed by atoms with E-state index in [1.54, 1.807) is 30.3 Å². The van der Waals surface area contributed by atoms with Crippen LogP contribution in [0.3, 0.4) is 0 Å². The average Bonchev–Trinajstić information content (AvgIpc) is 2.90. The molecule has 0 amide bonds. The lowest BCUT2D eigenvalue weighted by Crippen LogP contribution is -2.59. The van der Waals surface area contributed by atoms with Crippen molar-refractivity contribution in [3.63, 3.8) is 0 Å². The normalized spacial score (nSPS) is 24.8. The topological polar surface area (TPSA) is 179 Å². The number of rotatable bonds is 11. The molecule has 37 heavy (non-hydrogen) atoms. The van der Waals surface area contributed by atoms with Gasteiger partial charge in [-0.15, -0.1) is 0 Å². The third-order valence-corrected chi connectivity index (χ3v) is 6.24. The molecule has 1 aliphatic rings. The highest BCUT2D eigenvalue weighted by Gasteiger charge is 2.44. The second-order valence-corrected chi connectivity index (χ2v) is 8.68. The highest BCUT2D eigenvalue weighted by Crippen LogP contribution is 2.39. The Labute approximate surface area is 214 Å². The summed E-state index contributed by atoms with van der Waals surface area (Å²) in [6.07, 6.45) is -3.76. The van der Waals surface area contributed by atoms with E-state index in [9.17, 15) is 35.7 Å². The molecule has 6 atom stereocenters. The van der Waals surface area contributed by atoms with E-state index in [0.717, 1.165) is 5.56 Å². The third kappa shape index (κ3) is 6.70. The van der Waals surface area contributed by atoms with Gasteiger partial charge in [-0.2, -0.15) is 0 Å². The van der Waals surface area contributed by atoms with Crippen LogP contribution in [-0.4, -0.2) is 100 Å². The van der Waals surface area contributed by atoms with Crippen LogP contribution in [-0.2, 0) is 15.9 Å². The van der Waals surface area contributed by atoms with Gasteiger partial charge in [0.1, 0.15) is 24.4 Å². The van der Waals surface area contributed by atoms with Crippen LogP contribution in [0, 0.1) is 0 Å². The van der Waals surface area contributed by atoms with Gasteiger partial charge in [0.25, 0.3) is 0 Å². The third-order valence-electron chi connectivity index (χ3n) is 6.24. The standard InChI is InChI=1S/C26H34O11/c1-34-19-10-15(5-6-18(19)29)8-16(13-36-26-25(33)24(32)23(31)21(12-28)37-26)17-9-14(4-3-7-27)11-20(35-2)22(17)30/h3-6,9-11,16,21,23-33H,7-8,12-13H2,1-2H3/t16-,21+,23-,24-,25+,26-/m1/s1. The van der Waals surface area contributed by atoms with Gasteiger partial charge in [0.05, 0.1) is 34.0 Å². The summed E-state index contributed by atoms with van der Waals surface area (Å²) in [4.78, 5) is 0. The first-order chi connectivity index (χ1) is 17.7. The maximum absolute atomic E-state index is 11.0. The molecule has 1 saturated heterocycles. The fourth-order valence-corrected chi connectivity index (χ4v) is 4.21. The van der Waals surface area contributed by atoms with Gasteiger partial charge in [0.2, 0.25) is 0 Å². The van der Waals surface area contributed by atoms with Crippen LogP contribution >= 0.6 is 0 Å². The molecule has 3 rings (SSSR count). The van der Waals surface area contributed by atoms with Crippen molar-refractivity contribution < 1.29 is 54.7 Å². The Bertz CT molecular complexity index is 1060. The van der Waals surface area contributed by atoms with Gasteiger partial charge in [-0.1, -0.05) is 18.2 Å². The Hall–Kier alpha value is -2.90. The molecule has 1 fully saturated rings. The monoisotopic (exact) mass is 522 g/mol. The number of hydrogen-bond acceptors (Lipinski definition) is 11. The van der Waals surface area contributed by atoms with E-state index >= 15 is 0 Å². The zero-order valence-electron chi connectivity index (χ0n) is 20.6. The summed E-state index contributed by atoms with van der Waals surface area (Å²) in [6, 6.07) is 8.10. The fraction of sp³-hybridized carbons (Fsp3) is 0.462. The van der Waals surface area contributed by atoms with Gasteiger partial charge in [-0.05, 0) is 41.8 Å². The van der Waals surface area contributed by atoms with Crippen molar-refractivity contribution in [1.29, 1.82) is 0 Å². The summed E-state index contributed by atoms with van der Waals surface area (Å²) in [7, 11) is 2.83. The van der Waals surface area contributed by atoms with E-state index in [2.05, 4.69) is 0 Å². The molecule has 0 radical (unpaired) electrons. The first-order valence-electron chi connectivity index (χ1n) is 11.7. The lowest BCUT2D eigenvalue weighted by molar-refractivity contribution is -0.301. The lowest BCUT2D eigenvalue weighted by atomic mass is 9.90. The second kappa shape index (κ2) is 13.1. The van der Waals surface area contributed by atoms with E-state index in [0.29, 0.717) is 11.1 Å². The molecule has 0 unspecified atom stereocenters. The minimum atomic E-state index is -1.60. The number of phenolic OH excluding ortho intramolecular Hbond substituents is 2. The molecule has 0 aliphatic carbocycles. The predicted octanol–water partition coefficient (Wildman–Crippen LogP) is 0.263. The van der Waals surface area contributed by atoms with Crippen molar-refractivity contribution in [2.75, 3.05) is 34.0 Å². The molecule has 0 aromatic heterocycles. The summed E-state index contributed by atoms with van der Waals surface area (Å²) >= 11 is 0. The number of ether oxygens (including phenoxy) is 4. The highest BCUT2D eigenvalue weighted by molar-refractivity contribution is 5.60. The maximum atomic E-state index is 11.0. The van der Waals surface area contributed by atoms with Crippen molar-refractivity contribution >= 4 is 6.08 Å². The molecular formula is C26H34O11. The number of aromatic hydroxyl groups is 2. The van der Waals surface area contributed by atoms with Crippen LogP contribution in [0.5, 0.6) is 23.0 Å². The Morgan fingerprint density at radius 2 is 1.68 bits per heavy atom. The largest absolute Gasteiger partial charge is 0.504 e. The van der Waals surface area contributed by atoms with Gasteiger partial charge in [-0.25, -0.2) is 0 Å². The van der Waals surface area contributed by atoms with Crippen LogP contribution in [0.2, 0.25) is 0 Å². The van der Waals surface area contributed by atoms with Crippen molar-refractivity contribution in [2.24, 2.45) is 0 Å². The SMILES string of the molecule is COc1cc(C[C@H](CO[C@@H]2O[C@@H](CO)[C@@H](O)[C@@H](O)[C@@H]2O)c2cc(C=CCO)cc(OC)c2O)ccc1O. The van der Waals surface area contributed by atoms with Gasteiger partial charge in [0.15, 0.2) is 29.3 Å². The first-order valence-corrected chi connectivity index (χ1v) is 11.7. The number of aliphatic hydroxyl groups is 5. The van der Waals surface area contributed by atoms with E-state index in [1.807, 2.05) is 0 Å². The summed E-state index contributed by atoms with van der Waals surface area (Å²) in [6.45, 7) is -0.913. The van der Waals surface area contributed by atoms with Gasteiger partial charge >= 0.3 is 0 Å². The van der Waals surface area contributed by atoms with Crippen molar-refractivity contribution in [3.05, 3.63) is 53.1 Å². The highest BCUT2D eigenvalue weighted by atomic mass is 16.7. The molecule has 204 valence electrons. The van der Waals surface area contributed by atoms with Gasteiger partial charge in [0, 0.05) is 11.5 Å². The van der Waals surface area contributed by atoms with E-state index in [-0.39, 0.29) is 42.6 Å². The van der Waals surface area contributed by atoms with Crippen LogP contribution < -0.4 is 9.47 Å². The van der Waals surface area contributed by atoms with Crippen molar-refractivity contribution in [3.8, 4) is 23.0 Å². The number of phenols is 2. The summed E-state index contributed by atoms with van der Waals surface area (Å²) in [5.74, 6) is -0.306. The van der Waals surface area contributed by atoms with Crippen LogP contribution in [0.25, 0.3) is 6.08 Å². The van der Waals surface area contributed by atoms with E-state index < -0.39 is 43.2 Å². The minimum Gasteiger partial charge on any atom is -0.504 e. The molecule has 0 saturated carbocycles. The van der Waals surface area contributed by atoms with Crippen LogP contribution in [0.4, 0.5) is 0 Å². The maximum Gasteiger partial charge on any atom is 0.186 e. The zero-order chi connectivity index (χ0) is 27.1. The zero-order valence-corrected chi connectivity index (χ0v) is 20.6. The predicted molar refractivity (Wildman–Crippen MR) is 132 cm³/mol. The van der Waals surface area contributed by atoms with Gasteiger partial charge in [-0.3, -0.25) is 0 Å². The van der Waals surface area contributed by atoms with E-state index in [4.69, 9.17) is 18.9 Å². The first kappa shape index (κ1) is 28.7.